The number of urea groups is 1. The van der Waals surface area contributed by atoms with Crippen LogP contribution in [0.1, 0.15) is 46.5 Å². The van der Waals surface area contributed by atoms with Crippen LogP contribution in [0.4, 0.5) is 4.79 Å². The largest absolute Gasteiger partial charge is 0.481 e. The summed E-state index contributed by atoms with van der Waals surface area (Å²) in [6, 6.07) is -1.55. The molecule has 3 atom stereocenters. The number of rotatable bonds is 9. The number of carbonyl (C=O) groups excluding carboxylic acids is 2. The summed E-state index contributed by atoms with van der Waals surface area (Å²) in [6.45, 7) is 5.58. The number of nitrogens with two attached hydrogens (primary N) is 1. The summed E-state index contributed by atoms with van der Waals surface area (Å²) < 4.78 is 0. The van der Waals surface area contributed by atoms with Gasteiger partial charge in [-0.05, 0) is 25.7 Å². The third-order valence-electron chi connectivity index (χ3n) is 3.21. The van der Waals surface area contributed by atoms with Gasteiger partial charge >= 0.3 is 12.0 Å². The fraction of sp³-hybridized carbons (Fsp3) is 0.769. The molecule has 0 aromatic carbocycles. The fourth-order valence-corrected chi connectivity index (χ4v) is 1.82. The van der Waals surface area contributed by atoms with E-state index >= 15 is 0 Å². The van der Waals surface area contributed by atoms with E-state index in [1.54, 1.807) is 6.92 Å². The van der Waals surface area contributed by atoms with Crippen LogP contribution in [-0.2, 0) is 9.59 Å². The lowest BCUT2D eigenvalue weighted by atomic mass is 9.98. The molecule has 0 saturated heterocycles. The maximum absolute atomic E-state index is 12.1. The molecule has 0 aromatic heterocycles. The van der Waals surface area contributed by atoms with E-state index in [9.17, 15) is 14.4 Å². The number of nitrogens with one attached hydrogen (secondary N) is 2. The highest BCUT2D eigenvalue weighted by molar-refractivity contribution is 5.86. The predicted octanol–water partition coefficient (Wildman–Crippen LogP) is 0.829. The van der Waals surface area contributed by atoms with E-state index in [2.05, 4.69) is 10.6 Å². The smallest absolute Gasteiger partial charge is 0.312 e. The number of hydrogen-bond acceptors (Lipinski definition) is 3. The average molecular weight is 287 g/mol. The van der Waals surface area contributed by atoms with Gasteiger partial charge < -0.3 is 21.5 Å². The molecule has 0 spiro atoms. The number of amides is 3. The quantitative estimate of drug-likeness (QED) is 0.501. The zero-order valence-electron chi connectivity index (χ0n) is 12.3. The van der Waals surface area contributed by atoms with Crippen LogP contribution in [0.25, 0.3) is 0 Å². The summed E-state index contributed by atoms with van der Waals surface area (Å²) in [5.74, 6) is -1.17. The zero-order valence-corrected chi connectivity index (χ0v) is 12.3. The van der Waals surface area contributed by atoms with Gasteiger partial charge in [-0.15, -0.1) is 0 Å². The van der Waals surface area contributed by atoms with Gasteiger partial charge in [0.25, 0.3) is 0 Å². The molecule has 0 fully saturated rings. The Morgan fingerprint density at radius 1 is 1.20 bits per heavy atom. The van der Waals surface area contributed by atoms with Crippen LogP contribution >= 0.6 is 0 Å². The Morgan fingerprint density at radius 3 is 2.25 bits per heavy atom. The first-order chi connectivity index (χ1) is 9.27. The third-order valence-corrected chi connectivity index (χ3v) is 3.21. The second-order valence-corrected chi connectivity index (χ2v) is 5.07. The van der Waals surface area contributed by atoms with Crippen molar-refractivity contribution in [1.82, 2.24) is 10.6 Å². The van der Waals surface area contributed by atoms with E-state index in [0.29, 0.717) is 12.8 Å². The van der Waals surface area contributed by atoms with Gasteiger partial charge in [-0.1, -0.05) is 20.3 Å². The monoisotopic (exact) mass is 287 g/mol. The van der Waals surface area contributed by atoms with Crippen molar-refractivity contribution in [2.24, 2.45) is 11.7 Å². The molecule has 0 aromatic rings. The molecule has 0 aliphatic heterocycles. The Morgan fingerprint density at radius 2 is 1.80 bits per heavy atom. The number of carboxylic acid groups (broad SMARTS) is 1. The Balaban J connectivity index is 4.36. The van der Waals surface area contributed by atoms with Crippen LogP contribution in [0, 0.1) is 5.92 Å². The van der Waals surface area contributed by atoms with Crippen LogP contribution in [0.5, 0.6) is 0 Å². The fourth-order valence-electron chi connectivity index (χ4n) is 1.82. The second kappa shape index (κ2) is 9.17. The van der Waals surface area contributed by atoms with Gasteiger partial charge in [0.15, 0.2) is 0 Å². The molecule has 3 amide bonds. The number of aliphatic carboxylic acids is 1. The minimum absolute atomic E-state index is 0.0336. The number of carbonyl (C=O) groups is 3. The molecule has 0 aliphatic carbocycles. The number of hydrogen-bond donors (Lipinski definition) is 4. The molecule has 0 bridgehead atoms. The van der Waals surface area contributed by atoms with Crippen molar-refractivity contribution in [1.29, 1.82) is 0 Å². The zero-order chi connectivity index (χ0) is 15.7. The number of primary amides is 1. The van der Waals surface area contributed by atoms with Crippen molar-refractivity contribution in [3.05, 3.63) is 0 Å². The Bertz CT molecular complexity index is 347. The highest BCUT2D eigenvalue weighted by atomic mass is 16.4. The molecule has 3 unspecified atom stereocenters. The van der Waals surface area contributed by atoms with Crippen molar-refractivity contribution < 1.29 is 19.5 Å². The lowest BCUT2D eigenvalue weighted by molar-refractivity contribution is -0.137. The predicted molar refractivity (Wildman–Crippen MR) is 75.1 cm³/mol. The minimum atomic E-state index is -0.851. The molecular formula is C13H25N3O4. The molecule has 0 aliphatic rings. The lowest BCUT2D eigenvalue weighted by Gasteiger charge is -2.24. The van der Waals surface area contributed by atoms with Gasteiger partial charge in [0.1, 0.15) is 6.04 Å². The lowest BCUT2D eigenvalue weighted by Crippen LogP contribution is -2.53. The Labute approximate surface area is 119 Å². The van der Waals surface area contributed by atoms with Gasteiger partial charge in [0.2, 0.25) is 5.91 Å². The van der Waals surface area contributed by atoms with E-state index < -0.39 is 18.0 Å². The summed E-state index contributed by atoms with van der Waals surface area (Å²) in [5, 5.41) is 13.8. The molecule has 20 heavy (non-hydrogen) atoms. The van der Waals surface area contributed by atoms with Crippen molar-refractivity contribution in [3.8, 4) is 0 Å². The first kappa shape index (κ1) is 18.2. The summed E-state index contributed by atoms with van der Waals surface area (Å²) in [4.78, 5) is 33.4. The topological polar surface area (TPSA) is 122 Å². The summed E-state index contributed by atoms with van der Waals surface area (Å²) in [5.41, 5.74) is 5.07. The molecule has 116 valence electrons. The second-order valence-electron chi connectivity index (χ2n) is 5.07. The van der Waals surface area contributed by atoms with Gasteiger partial charge in [0, 0.05) is 12.5 Å². The van der Waals surface area contributed by atoms with Crippen LogP contribution in [0.15, 0.2) is 0 Å². The van der Waals surface area contributed by atoms with Gasteiger partial charge in [0.05, 0.1) is 0 Å². The highest BCUT2D eigenvalue weighted by Gasteiger charge is 2.25. The van der Waals surface area contributed by atoms with Crippen LogP contribution in [0.2, 0.25) is 0 Å². The van der Waals surface area contributed by atoms with Crippen molar-refractivity contribution in [3.63, 3.8) is 0 Å². The van der Waals surface area contributed by atoms with E-state index in [-0.39, 0.29) is 24.3 Å². The van der Waals surface area contributed by atoms with E-state index in [1.165, 1.54) is 0 Å². The van der Waals surface area contributed by atoms with Gasteiger partial charge in [-0.25, -0.2) is 4.79 Å². The number of carboxylic acids is 1. The van der Waals surface area contributed by atoms with E-state index in [0.717, 1.165) is 6.42 Å². The van der Waals surface area contributed by atoms with Gasteiger partial charge in [-0.3, -0.25) is 9.59 Å². The molecule has 0 saturated carbocycles. The molecule has 5 N–H and O–H groups in total. The Hall–Kier alpha value is -1.79. The first-order valence-electron chi connectivity index (χ1n) is 6.86. The maximum Gasteiger partial charge on any atom is 0.312 e. The SMILES string of the molecule is CCC(C)C(NC(N)=O)C(=O)NC(C)CCCC(=O)O. The van der Waals surface area contributed by atoms with Crippen LogP contribution in [-0.4, -0.2) is 35.1 Å². The van der Waals surface area contributed by atoms with Crippen LogP contribution < -0.4 is 16.4 Å². The maximum atomic E-state index is 12.1. The normalized spacial score (nSPS) is 14.9. The summed E-state index contributed by atoms with van der Waals surface area (Å²) in [6.07, 6.45) is 1.87. The standard InChI is InChI=1S/C13H25N3O4/c1-4-8(2)11(16-13(14)20)12(19)15-9(3)6-5-7-10(17)18/h8-9,11H,4-7H2,1-3H3,(H,15,19)(H,17,18)(H3,14,16,20). The molecule has 0 heterocycles. The molecular weight excluding hydrogens is 262 g/mol. The first-order valence-corrected chi connectivity index (χ1v) is 6.86. The minimum Gasteiger partial charge on any atom is -0.481 e. The third kappa shape index (κ3) is 7.60. The molecule has 7 nitrogen and oxygen atoms in total. The van der Waals surface area contributed by atoms with Gasteiger partial charge in [-0.2, -0.15) is 0 Å². The van der Waals surface area contributed by atoms with Crippen molar-refractivity contribution in [2.75, 3.05) is 0 Å². The Kier molecular flexibility index (Phi) is 8.35. The molecule has 0 rings (SSSR count). The summed E-state index contributed by atoms with van der Waals surface area (Å²) >= 11 is 0. The highest BCUT2D eigenvalue weighted by Crippen LogP contribution is 2.09. The van der Waals surface area contributed by atoms with Crippen molar-refractivity contribution >= 4 is 17.9 Å². The summed E-state index contributed by atoms with van der Waals surface area (Å²) in [7, 11) is 0. The van der Waals surface area contributed by atoms with Crippen LogP contribution in [0.3, 0.4) is 0 Å². The van der Waals surface area contributed by atoms with E-state index in [4.69, 9.17) is 10.8 Å². The average Bonchev–Trinajstić information content (AvgIpc) is 2.34. The van der Waals surface area contributed by atoms with E-state index in [1.807, 2.05) is 13.8 Å². The van der Waals surface area contributed by atoms with Crippen molar-refractivity contribution in [2.45, 2.75) is 58.5 Å². The molecule has 7 heteroatoms. The molecule has 0 radical (unpaired) electrons.